The first-order valence-electron chi connectivity index (χ1n) is 10.6. The predicted molar refractivity (Wildman–Crippen MR) is 120 cm³/mol. The van der Waals surface area contributed by atoms with Gasteiger partial charge in [0.1, 0.15) is 17.7 Å². The van der Waals surface area contributed by atoms with E-state index in [0.29, 0.717) is 0 Å². The van der Waals surface area contributed by atoms with Crippen molar-refractivity contribution in [1.82, 2.24) is 19.5 Å². The Hall–Kier alpha value is -3.92. The molecule has 1 aliphatic heterocycles. The normalized spacial score (nSPS) is 26.7. The summed E-state index contributed by atoms with van der Waals surface area (Å²) in [5.74, 6) is -4.57. The Morgan fingerprint density at radius 2 is 1.86 bits per heavy atom. The number of nitrogens with zero attached hydrogens (tertiary/aromatic N) is 4. The van der Waals surface area contributed by atoms with E-state index in [0.717, 1.165) is 10.9 Å². The van der Waals surface area contributed by atoms with Gasteiger partial charge >= 0.3 is 11.9 Å². The van der Waals surface area contributed by atoms with Crippen LogP contribution in [0.25, 0.3) is 11.2 Å². The number of fused-ring (bicyclic) bond motifs is 2. The average Bonchev–Trinajstić information content (AvgIpc) is 3.07. The van der Waals surface area contributed by atoms with Crippen LogP contribution in [0.5, 0.6) is 0 Å². The van der Waals surface area contributed by atoms with E-state index in [4.69, 9.17) is 32.5 Å². The number of benzene rings is 1. The molecule has 16 heteroatoms. The molecular weight excluding hydrogens is 519 g/mol. The second-order valence-corrected chi connectivity index (χ2v) is 8.99. The van der Waals surface area contributed by atoms with Crippen molar-refractivity contribution in [2.45, 2.75) is 42.2 Å². The van der Waals surface area contributed by atoms with Gasteiger partial charge in [-0.25, -0.2) is 19.0 Å². The number of aromatic nitrogens is 4. The third kappa shape index (κ3) is 3.66. The van der Waals surface area contributed by atoms with Crippen LogP contribution < -0.4 is 11.5 Å². The quantitative estimate of drug-likeness (QED) is 0.184. The fraction of sp³-hybridized carbons (Fsp3) is 0.333. The number of ether oxygens (including phenoxy) is 2. The number of nitrogens with two attached hydrogens (primary N) is 2. The van der Waals surface area contributed by atoms with Crippen LogP contribution in [-0.4, -0.2) is 82.3 Å². The van der Waals surface area contributed by atoms with Crippen LogP contribution in [0.3, 0.4) is 0 Å². The highest BCUT2D eigenvalue weighted by Crippen LogP contribution is 2.58. The van der Waals surface area contributed by atoms with Gasteiger partial charge < -0.3 is 36.3 Å². The van der Waals surface area contributed by atoms with Crippen LogP contribution in [0.15, 0.2) is 30.6 Å². The summed E-state index contributed by atoms with van der Waals surface area (Å²) in [7, 11) is 0. The number of alkyl halides is 1. The maximum atomic E-state index is 15.5. The van der Waals surface area contributed by atoms with Gasteiger partial charge in [0.25, 0.3) is 5.60 Å². The van der Waals surface area contributed by atoms with Gasteiger partial charge in [-0.3, -0.25) is 9.36 Å². The average molecular weight is 537 g/mol. The van der Waals surface area contributed by atoms with E-state index >= 15 is 4.39 Å². The van der Waals surface area contributed by atoms with E-state index in [1.54, 1.807) is 0 Å². The van der Waals surface area contributed by atoms with Crippen molar-refractivity contribution in [3.8, 4) is 0 Å². The molecule has 0 radical (unpaired) electrons. The lowest BCUT2D eigenvalue weighted by molar-refractivity contribution is -0.194. The van der Waals surface area contributed by atoms with Gasteiger partial charge in [-0.05, 0) is 29.3 Å². The minimum Gasteiger partial charge on any atom is -0.479 e. The highest BCUT2D eigenvalue weighted by atomic mass is 35.5. The number of hydrogen-bond acceptors (Lipinski definition) is 10. The fourth-order valence-electron chi connectivity index (χ4n) is 4.41. The number of amides is 1. The molecule has 5 rings (SSSR count). The Labute approximate surface area is 210 Å². The number of carbonyl (C=O) groups is 3. The van der Waals surface area contributed by atoms with Crippen LogP contribution >= 0.6 is 11.6 Å². The topological polar surface area (TPSA) is 226 Å². The number of carbonyl (C=O) groups excluding carboxylic acids is 1. The molecule has 2 fully saturated rings. The number of carboxylic acid groups (broad SMARTS) is 2. The van der Waals surface area contributed by atoms with Crippen molar-refractivity contribution in [1.29, 1.82) is 0 Å². The largest absolute Gasteiger partial charge is 0.479 e. The smallest absolute Gasteiger partial charge is 0.348 e. The fourth-order valence-corrected chi connectivity index (χ4v) is 4.58. The number of anilines is 1. The predicted octanol–water partition coefficient (Wildman–Crippen LogP) is -0.323. The lowest BCUT2D eigenvalue weighted by Crippen LogP contribution is -2.53. The first-order valence-corrected chi connectivity index (χ1v) is 11.0. The SMILES string of the molecule is NC(=O)c1ccc(CC(OC2[C@H]3O[C@@H](n4cnc5c(N)nc(Cl)nc54)[C@@H](F)[C@@]23O)(C(=O)O)C(=O)O)cc1. The molecule has 37 heavy (non-hydrogen) atoms. The van der Waals surface area contributed by atoms with Gasteiger partial charge in [-0.15, -0.1) is 0 Å². The molecule has 3 aromatic rings. The van der Waals surface area contributed by atoms with Crippen molar-refractivity contribution in [2.24, 2.45) is 5.73 Å². The Morgan fingerprint density at radius 3 is 2.41 bits per heavy atom. The summed E-state index contributed by atoms with van der Waals surface area (Å²) in [6.07, 6.45) is -6.27. The molecule has 1 aromatic carbocycles. The molecule has 7 N–H and O–H groups in total. The Morgan fingerprint density at radius 1 is 1.22 bits per heavy atom. The molecule has 0 bridgehead atoms. The third-order valence-corrected chi connectivity index (χ3v) is 6.63. The van der Waals surface area contributed by atoms with Crippen molar-refractivity contribution in [3.05, 3.63) is 47.0 Å². The van der Waals surface area contributed by atoms with Gasteiger partial charge in [0.2, 0.25) is 11.2 Å². The number of halogens is 2. The zero-order chi connectivity index (χ0) is 26.9. The standard InChI is InChI=1S/C21H18ClFN6O8/c22-19-27-13(24)9-15(28-19)29(6-26-9)16-10(23)21(35)11(36-16)12(21)37-20(17(31)32,18(33)34)5-7-1-3-8(4-2-7)14(25)30/h1-4,6,10-12,16,35H,5H2,(H2,25,30)(H,31,32)(H,33,34)(H2,24,27,28)/t10-,11-,12?,16-,21+/m1/s1. The van der Waals surface area contributed by atoms with Crippen LogP contribution in [0.4, 0.5) is 10.2 Å². The maximum absolute atomic E-state index is 15.5. The first-order chi connectivity index (χ1) is 17.4. The lowest BCUT2D eigenvalue weighted by Gasteiger charge is -2.28. The van der Waals surface area contributed by atoms with Crippen molar-refractivity contribution >= 4 is 46.4 Å². The van der Waals surface area contributed by atoms with E-state index in [1.807, 2.05) is 0 Å². The number of aliphatic carboxylic acids is 2. The number of rotatable bonds is 8. The Bertz CT molecular complexity index is 1440. The van der Waals surface area contributed by atoms with E-state index in [9.17, 15) is 29.7 Å². The molecule has 1 saturated carbocycles. The zero-order valence-electron chi connectivity index (χ0n) is 18.5. The molecule has 1 unspecified atom stereocenters. The lowest BCUT2D eigenvalue weighted by atomic mass is 9.93. The maximum Gasteiger partial charge on any atom is 0.348 e. The van der Waals surface area contributed by atoms with Crippen LogP contribution in [0.1, 0.15) is 22.1 Å². The van der Waals surface area contributed by atoms with Crippen LogP contribution in [0.2, 0.25) is 5.28 Å². The number of nitrogen functional groups attached to an aromatic ring is 1. The zero-order valence-corrected chi connectivity index (χ0v) is 19.2. The van der Waals surface area contributed by atoms with Crippen molar-refractivity contribution in [3.63, 3.8) is 0 Å². The third-order valence-electron chi connectivity index (χ3n) is 6.46. The number of imidazole rings is 1. The highest BCUT2D eigenvalue weighted by molar-refractivity contribution is 6.28. The molecule has 2 aliphatic rings. The van der Waals surface area contributed by atoms with Gasteiger partial charge in [-0.2, -0.15) is 9.97 Å². The van der Waals surface area contributed by atoms with E-state index < -0.39 is 60.1 Å². The van der Waals surface area contributed by atoms with Crippen molar-refractivity contribution < 1.29 is 43.6 Å². The molecule has 1 aliphatic carbocycles. The minimum atomic E-state index is -2.91. The number of aliphatic hydroxyl groups is 1. The van der Waals surface area contributed by atoms with Crippen LogP contribution in [0, 0.1) is 0 Å². The number of primary amides is 1. The highest BCUT2D eigenvalue weighted by Gasteiger charge is 2.80. The molecule has 5 atom stereocenters. The van der Waals surface area contributed by atoms with Gasteiger partial charge in [0.15, 0.2) is 29.5 Å². The Balaban J connectivity index is 1.40. The summed E-state index contributed by atoms with van der Waals surface area (Å²) < 4.78 is 27.6. The summed E-state index contributed by atoms with van der Waals surface area (Å²) in [4.78, 5) is 47.2. The monoisotopic (exact) mass is 536 g/mol. The minimum absolute atomic E-state index is 0.0253. The van der Waals surface area contributed by atoms with E-state index in [-0.39, 0.29) is 33.4 Å². The summed E-state index contributed by atoms with van der Waals surface area (Å²) >= 11 is 5.83. The van der Waals surface area contributed by atoms with E-state index in [1.165, 1.54) is 24.3 Å². The summed E-state index contributed by atoms with van der Waals surface area (Å²) in [5.41, 5.74) is 6.08. The first kappa shape index (κ1) is 24.8. The van der Waals surface area contributed by atoms with Gasteiger partial charge in [0.05, 0.1) is 6.33 Å². The summed E-state index contributed by atoms with van der Waals surface area (Å²) in [6.45, 7) is 0. The number of carboxylic acids is 2. The summed E-state index contributed by atoms with van der Waals surface area (Å²) in [6, 6.07) is 5.18. The van der Waals surface area contributed by atoms with Gasteiger partial charge in [0, 0.05) is 12.0 Å². The molecule has 3 heterocycles. The molecule has 1 amide bonds. The molecule has 14 nitrogen and oxygen atoms in total. The molecular formula is C21H18ClFN6O8. The molecule has 2 aromatic heterocycles. The molecule has 1 saturated heterocycles. The van der Waals surface area contributed by atoms with Crippen molar-refractivity contribution in [2.75, 3.05) is 5.73 Å². The van der Waals surface area contributed by atoms with Crippen LogP contribution in [-0.2, 0) is 25.5 Å². The summed E-state index contributed by atoms with van der Waals surface area (Å²) in [5, 5.41) is 30.4. The Kier molecular flexibility index (Phi) is 5.56. The van der Waals surface area contributed by atoms with Gasteiger partial charge in [-0.1, -0.05) is 12.1 Å². The molecule has 194 valence electrons. The van der Waals surface area contributed by atoms with E-state index in [2.05, 4.69) is 15.0 Å². The number of hydrogen-bond donors (Lipinski definition) is 5. The molecule has 0 spiro atoms. The second-order valence-electron chi connectivity index (χ2n) is 8.65. The second kappa shape index (κ2) is 8.31.